The van der Waals surface area contributed by atoms with E-state index in [2.05, 4.69) is 5.32 Å². The van der Waals surface area contributed by atoms with Gasteiger partial charge < -0.3 is 10.4 Å². The zero-order valence-electron chi connectivity index (χ0n) is 10.4. The van der Waals surface area contributed by atoms with Crippen molar-refractivity contribution < 1.29 is 19.1 Å². The Kier molecular flexibility index (Phi) is 4.42. The molecule has 0 aliphatic carbocycles. The number of carboxylic acids is 1. The Morgan fingerprint density at radius 1 is 1.33 bits per heavy atom. The number of aliphatic carboxylic acids is 1. The summed E-state index contributed by atoms with van der Waals surface area (Å²) in [6, 6.07) is 5.94. The zero-order valence-corrected chi connectivity index (χ0v) is 10.4. The summed E-state index contributed by atoms with van der Waals surface area (Å²) in [4.78, 5) is 21.9. The van der Waals surface area contributed by atoms with E-state index in [9.17, 15) is 14.0 Å². The minimum atomic E-state index is -1.02. The fourth-order valence-electron chi connectivity index (χ4n) is 1.58. The Hall–Kier alpha value is -1.91. The lowest BCUT2D eigenvalue weighted by molar-refractivity contribution is -0.139. The molecule has 0 saturated heterocycles. The Morgan fingerprint density at radius 3 is 2.56 bits per heavy atom. The van der Waals surface area contributed by atoms with E-state index in [-0.39, 0.29) is 24.6 Å². The fraction of sp³-hybridized carbons (Fsp3) is 0.385. The van der Waals surface area contributed by atoms with Gasteiger partial charge in [0.2, 0.25) is 5.91 Å². The second-order valence-corrected chi connectivity index (χ2v) is 4.58. The normalized spacial score (nSPS) is 11.1. The van der Waals surface area contributed by atoms with Crippen molar-refractivity contribution in [1.29, 1.82) is 0 Å². The van der Waals surface area contributed by atoms with Gasteiger partial charge in [-0.2, -0.15) is 0 Å². The van der Waals surface area contributed by atoms with Gasteiger partial charge in [0.1, 0.15) is 5.82 Å². The van der Waals surface area contributed by atoms with Gasteiger partial charge in [-0.15, -0.1) is 0 Å². The summed E-state index contributed by atoms with van der Waals surface area (Å²) in [5.41, 5.74) is -0.108. The maximum Gasteiger partial charge on any atom is 0.303 e. The molecule has 0 heterocycles. The number of hydrogen-bond donors (Lipinski definition) is 2. The first kappa shape index (κ1) is 14.2. The Bertz CT molecular complexity index is 457. The first-order valence-corrected chi connectivity index (χ1v) is 5.60. The van der Waals surface area contributed by atoms with Crippen LogP contribution < -0.4 is 5.32 Å². The molecule has 1 amide bonds. The molecule has 5 heteroatoms. The summed E-state index contributed by atoms with van der Waals surface area (Å²) in [6.07, 6.45) is -0.306. The average molecular weight is 253 g/mol. The number of hydrogen-bond acceptors (Lipinski definition) is 2. The van der Waals surface area contributed by atoms with E-state index in [0.29, 0.717) is 5.56 Å². The van der Waals surface area contributed by atoms with Crippen molar-refractivity contribution in [3.8, 4) is 0 Å². The number of halogens is 1. The second kappa shape index (κ2) is 5.62. The molecule has 0 aromatic heterocycles. The van der Waals surface area contributed by atoms with E-state index in [1.807, 2.05) is 0 Å². The largest absolute Gasteiger partial charge is 0.481 e. The lowest BCUT2D eigenvalue weighted by Gasteiger charge is -2.27. The number of nitrogens with one attached hydrogen (secondary N) is 1. The van der Waals surface area contributed by atoms with Crippen LogP contribution in [0.2, 0.25) is 0 Å². The van der Waals surface area contributed by atoms with Crippen LogP contribution in [0.15, 0.2) is 24.3 Å². The molecule has 0 atom stereocenters. The smallest absolute Gasteiger partial charge is 0.303 e. The van der Waals surface area contributed by atoms with Crippen molar-refractivity contribution in [1.82, 2.24) is 5.32 Å². The number of benzene rings is 1. The van der Waals surface area contributed by atoms with Crippen LogP contribution in [0.25, 0.3) is 0 Å². The zero-order chi connectivity index (χ0) is 13.8. The van der Waals surface area contributed by atoms with Gasteiger partial charge in [-0.05, 0) is 31.5 Å². The van der Waals surface area contributed by atoms with Gasteiger partial charge in [0.15, 0.2) is 0 Å². The topological polar surface area (TPSA) is 66.4 Å². The minimum absolute atomic E-state index is 0.0892. The number of amides is 1. The van der Waals surface area contributed by atoms with E-state index in [4.69, 9.17) is 5.11 Å². The molecular weight excluding hydrogens is 237 g/mol. The molecule has 0 radical (unpaired) electrons. The van der Waals surface area contributed by atoms with E-state index in [1.54, 1.807) is 26.0 Å². The van der Waals surface area contributed by atoms with Crippen molar-refractivity contribution in [2.24, 2.45) is 0 Å². The molecule has 1 aromatic carbocycles. The van der Waals surface area contributed by atoms with Crippen molar-refractivity contribution >= 4 is 11.9 Å². The van der Waals surface area contributed by atoms with E-state index >= 15 is 0 Å². The molecule has 4 nitrogen and oxygen atoms in total. The maximum atomic E-state index is 13.1. The molecule has 0 spiro atoms. The summed E-state index contributed by atoms with van der Waals surface area (Å²) in [6.45, 7) is 3.47. The van der Waals surface area contributed by atoms with Gasteiger partial charge in [0.25, 0.3) is 0 Å². The summed E-state index contributed by atoms with van der Waals surface area (Å²) < 4.78 is 13.1. The molecule has 2 N–H and O–H groups in total. The van der Waals surface area contributed by atoms with E-state index in [0.717, 1.165) is 0 Å². The molecule has 0 unspecified atom stereocenters. The van der Waals surface area contributed by atoms with Gasteiger partial charge in [-0.3, -0.25) is 9.59 Å². The van der Waals surface area contributed by atoms with Crippen LogP contribution in [0.5, 0.6) is 0 Å². The third kappa shape index (κ3) is 4.16. The number of rotatable bonds is 5. The molecule has 0 saturated carbocycles. The molecule has 1 rings (SSSR count). The van der Waals surface area contributed by atoms with Gasteiger partial charge in [-0.1, -0.05) is 12.1 Å². The highest BCUT2D eigenvalue weighted by Gasteiger charge is 2.23. The van der Waals surface area contributed by atoms with Crippen molar-refractivity contribution in [3.63, 3.8) is 0 Å². The number of carbonyl (C=O) groups is 2. The van der Waals surface area contributed by atoms with Crippen LogP contribution in [-0.2, 0) is 15.1 Å². The summed E-state index contributed by atoms with van der Waals surface area (Å²) in [5, 5.41) is 11.2. The molecule has 1 aromatic rings. The molecule has 18 heavy (non-hydrogen) atoms. The Morgan fingerprint density at radius 2 is 2.00 bits per heavy atom. The fourth-order valence-corrected chi connectivity index (χ4v) is 1.58. The highest BCUT2D eigenvalue weighted by molar-refractivity contribution is 5.81. The van der Waals surface area contributed by atoms with E-state index in [1.165, 1.54) is 12.1 Å². The van der Waals surface area contributed by atoms with Gasteiger partial charge in [0.05, 0.1) is 12.0 Å². The summed E-state index contributed by atoms with van der Waals surface area (Å²) in [7, 11) is 0. The van der Waals surface area contributed by atoms with E-state index < -0.39 is 11.5 Å². The van der Waals surface area contributed by atoms with Crippen LogP contribution in [0.3, 0.4) is 0 Å². The average Bonchev–Trinajstić information content (AvgIpc) is 2.26. The molecular formula is C13H16FNO3. The molecule has 0 aliphatic heterocycles. The lowest BCUT2D eigenvalue weighted by Crippen LogP contribution is -2.41. The van der Waals surface area contributed by atoms with Crippen LogP contribution >= 0.6 is 0 Å². The Balaban J connectivity index is 2.69. The first-order chi connectivity index (χ1) is 8.31. The maximum absolute atomic E-state index is 13.1. The quantitative estimate of drug-likeness (QED) is 0.843. The molecule has 0 aliphatic rings. The lowest BCUT2D eigenvalue weighted by atomic mass is 9.94. The second-order valence-electron chi connectivity index (χ2n) is 4.58. The monoisotopic (exact) mass is 253 g/mol. The Labute approximate surface area is 105 Å². The van der Waals surface area contributed by atoms with Crippen LogP contribution in [0, 0.1) is 5.82 Å². The minimum Gasteiger partial charge on any atom is -0.481 e. The highest BCUT2D eigenvalue weighted by atomic mass is 19.1. The van der Waals surface area contributed by atoms with Crippen LogP contribution in [0.4, 0.5) is 4.39 Å². The number of carbonyl (C=O) groups excluding carboxylic acids is 1. The predicted octanol–water partition coefficient (Wildman–Crippen LogP) is 2.04. The third-order valence-corrected chi connectivity index (χ3v) is 2.56. The van der Waals surface area contributed by atoms with Gasteiger partial charge >= 0.3 is 5.97 Å². The molecule has 98 valence electrons. The highest BCUT2D eigenvalue weighted by Crippen LogP contribution is 2.20. The third-order valence-electron chi connectivity index (χ3n) is 2.56. The van der Waals surface area contributed by atoms with Gasteiger partial charge in [0, 0.05) is 6.42 Å². The summed E-state index contributed by atoms with van der Waals surface area (Å²) >= 11 is 0. The molecule has 0 bridgehead atoms. The number of carboxylic acid groups (broad SMARTS) is 1. The predicted molar refractivity (Wildman–Crippen MR) is 64.4 cm³/mol. The van der Waals surface area contributed by atoms with Crippen LogP contribution in [0.1, 0.15) is 32.3 Å². The summed E-state index contributed by atoms with van der Waals surface area (Å²) in [5.74, 6) is -1.76. The SMILES string of the molecule is CC(C)(NC(=O)CCC(=O)O)c1cccc(F)c1. The van der Waals surface area contributed by atoms with Crippen LogP contribution in [-0.4, -0.2) is 17.0 Å². The first-order valence-electron chi connectivity index (χ1n) is 5.60. The van der Waals surface area contributed by atoms with Crippen molar-refractivity contribution in [2.75, 3.05) is 0 Å². The van der Waals surface area contributed by atoms with Crippen molar-refractivity contribution in [3.05, 3.63) is 35.6 Å². The van der Waals surface area contributed by atoms with Crippen molar-refractivity contribution in [2.45, 2.75) is 32.2 Å². The van der Waals surface area contributed by atoms with Gasteiger partial charge in [-0.25, -0.2) is 4.39 Å². The molecule has 0 fully saturated rings. The standard InChI is InChI=1S/C13H16FNO3/c1-13(2,9-4-3-5-10(14)8-9)15-11(16)6-7-12(17)18/h3-5,8H,6-7H2,1-2H3,(H,15,16)(H,17,18).